The number of nitrogens with one attached hydrogen (secondary N) is 1. The SMILES string of the molecule is C=CCNC(C)C(O)c1ccc(CC(C)C)cc1. The molecule has 2 nitrogen and oxygen atoms in total. The van der Waals surface area contributed by atoms with Crippen molar-refractivity contribution in [2.45, 2.75) is 39.3 Å². The predicted octanol–water partition coefficient (Wildman–Crippen LogP) is 3.08. The average Bonchev–Trinajstić information content (AvgIpc) is 2.35. The molecule has 18 heavy (non-hydrogen) atoms. The minimum Gasteiger partial charge on any atom is -0.387 e. The van der Waals surface area contributed by atoms with Gasteiger partial charge < -0.3 is 10.4 Å². The minimum atomic E-state index is -0.474. The van der Waals surface area contributed by atoms with E-state index in [2.05, 4.69) is 37.9 Å². The molecule has 100 valence electrons. The molecule has 0 amide bonds. The molecule has 0 spiro atoms. The van der Waals surface area contributed by atoms with Crippen LogP contribution in [0.25, 0.3) is 0 Å². The van der Waals surface area contributed by atoms with E-state index in [1.54, 1.807) is 6.08 Å². The zero-order valence-corrected chi connectivity index (χ0v) is 11.7. The fourth-order valence-corrected chi connectivity index (χ4v) is 1.99. The summed E-state index contributed by atoms with van der Waals surface area (Å²) in [6, 6.07) is 8.29. The molecule has 0 aliphatic rings. The molecule has 0 saturated carbocycles. The van der Waals surface area contributed by atoms with Gasteiger partial charge in [0.2, 0.25) is 0 Å². The van der Waals surface area contributed by atoms with Crippen LogP contribution in [0, 0.1) is 5.92 Å². The van der Waals surface area contributed by atoms with E-state index in [0.717, 1.165) is 12.0 Å². The lowest BCUT2D eigenvalue weighted by Crippen LogP contribution is -2.32. The lowest BCUT2D eigenvalue weighted by Gasteiger charge is -2.20. The van der Waals surface area contributed by atoms with E-state index in [9.17, 15) is 5.11 Å². The first-order chi connectivity index (χ1) is 8.54. The molecule has 0 aliphatic heterocycles. The molecule has 2 unspecified atom stereocenters. The summed E-state index contributed by atoms with van der Waals surface area (Å²) in [6.45, 7) is 10.8. The second-order valence-electron chi connectivity index (χ2n) is 5.27. The van der Waals surface area contributed by atoms with Gasteiger partial charge in [-0.15, -0.1) is 6.58 Å². The second-order valence-corrected chi connectivity index (χ2v) is 5.27. The zero-order chi connectivity index (χ0) is 13.5. The highest BCUT2D eigenvalue weighted by Crippen LogP contribution is 2.18. The van der Waals surface area contributed by atoms with Gasteiger partial charge in [-0.3, -0.25) is 0 Å². The Labute approximate surface area is 111 Å². The molecule has 0 heterocycles. The fourth-order valence-electron chi connectivity index (χ4n) is 1.99. The van der Waals surface area contributed by atoms with Crippen LogP contribution in [0.15, 0.2) is 36.9 Å². The molecule has 1 rings (SSSR count). The van der Waals surface area contributed by atoms with E-state index in [1.165, 1.54) is 5.56 Å². The molecule has 1 aromatic carbocycles. The number of hydrogen-bond donors (Lipinski definition) is 2. The zero-order valence-electron chi connectivity index (χ0n) is 11.7. The van der Waals surface area contributed by atoms with Crippen molar-refractivity contribution in [2.24, 2.45) is 5.92 Å². The standard InChI is InChI=1S/C16H25NO/c1-5-10-17-13(4)16(18)15-8-6-14(7-9-15)11-12(2)3/h5-9,12-13,16-18H,1,10-11H2,2-4H3. The number of aliphatic hydroxyl groups is 1. The van der Waals surface area contributed by atoms with Crippen molar-refractivity contribution in [1.82, 2.24) is 5.32 Å². The predicted molar refractivity (Wildman–Crippen MR) is 77.6 cm³/mol. The maximum atomic E-state index is 10.2. The van der Waals surface area contributed by atoms with E-state index in [4.69, 9.17) is 0 Å². The molecular formula is C16H25NO. The first-order valence-corrected chi connectivity index (χ1v) is 6.65. The lowest BCUT2D eigenvalue weighted by molar-refractivity contribution is 0.138. The Morgan fingerprint density at radius 2 is 1.83 bits per heavy atom. The average molecular weight is 247 g/mol. The molecule has 0 radical (unpaired) electrons. The lowest BCUT2D eigenvalue weighted by atomic mass is 9.98. The molecule has 0 fully saturated rings. The van der Waals surface area contributed by atoms with Gasteiger partial charge in [-0.1, -0.05) is 44.2 Å². The Morgan fingerprint density at radius 1 is 1.22 bits per heavy atom. The summed E-state index contributed by atoms with van der Waals surface area (Å²) in [7, 11) is 0. The van der Waals surface area contributed by atoms with E-state index in [0.29, 0.717) is 12.5 Å². The highest BCUT2D eigenvalue weighted by Gasteiger charge is 2.15. The summed E-state index contributed by atoms with van der Waals surface area (Å²) in [4.78, 5) is 0. The van der Waals surface area contributed by atoms with Gasteiger partial charge in [0.1, 0.15) is 0 Å². The molecule has 0 saturated heterocycles. The van der Waals surface area contributed by atoms with Gasteiger partial charge in [0.25, 0.3) is 0 Å². The maximum Gasteiger partial charge on any atom is 0.0940 e. The quantitative estimate of drug-likeness (QED) is 0.726. The van der Waals surface area contributed by atoms with Crippen LogP contribution in [0.1, 0.15) is 38.0 Å². The summed E-state index contributed by atoms with van der Waals surface area (Å²) in [5, 5.41) is 13.4. The van der Waals surface area contributed by atoms with E-state index in [-0.39, 0.29) is 6.04 Å². The first-order valence-electron chi connectivity index (χ1n) is 6.65. The van der Waals surface area contributed by atoms with Crippen molar-refractivity contribution in [2.75, 3.05) is 6.54 Å². The molecule has 2 atom stereocenters. The van der Waals surface area contributed by atoms with Crippen LogP contribution >= 0.6 is 0 Å². The minimum absolute atomic E-state index is 0.0268. The Morgan fingerprint density at radius 3 is 2.33 bits per heavy atom. The molecular weight excluding hydrogens is 222 g/mol. The van der Waals surface area contributed by atoms with Crippen molar-refractivity contribution in [3.05, 3.63) is 48.0 Å². The second kappa shape index (κ2) is 7.34. The topological polar surface area (TPSA) is 32.3 Å². The van der Waals surface area contributed by atoms with Gasteiger partial charge in [-0.05, 0) is 30.4 Å². The third-order valence-corrected chi connectivity index (χ3v) is 3.02. The maximum absolute atomic E-state index is 10.2. The Kier molecular flexibility index (Phi) is 6.10. The van der Waals surface area contributed by atoms with Crippen LogP contribution in [0.5, 0.6) is 0 Å². The summed E-state index contributed by atoms with van der Waals surface area (Å²) < 4.78 is 0. The monoisotopic (exact) mass is 247 g/mol. The summed E-state index contributed by atoms with van der Waals surface area (Å²) in [6.07, 6.45) is 2.41. The number of hydrogen-bond acceptors (Lipinski definition) is 2. The highest BCUT2D eigenvalue weighted by molar-refractivity contribution is 5.25. The molecule has 2 N–H and O–H groups in total. The Balaban J connectivity index is 2.63. The highest BCUT2D eigenvalue weighted by atomic mass is 16.3. The smallest absolute Gasteiger partial charge is 0.0940 e. The van der Waals surface area contributed by atoms with Crippen LogP contribution in [0.3, 0.4) is 0 Å². The van der Waals surface area contributed by atoms with Crippen molar-refractivity contribution < 1.29 is 5.11 Å². The van der Waals surface area contributed by atoms with Crippen LogP contribution in [0.4, 0.5) is 0 Å². The number of benzene rings is 1. The van der Waals surface area contributed by atoms with Crippen molar-refractivity contribution in [3.8, 4) is 0 Å². The molecule has 2 heteroatoms. The van der Waals surface area contributed by atoms with E-state index in [1.807, 2.05) is 19.1 Å². The summed E-state index contributed by atoms with van der Waals surface area (Å²) in [5.41, 5.74) is 2.29. The van der Waals surface area contributed by atoms with Crippen LogP contribution in [-0.2, 0) is 6.42 Å². The third-order valence-electron chi connectivity index (χ3n) is 3.02. The molecule has 0 aliphatic carbocycles. The van der Waals surface area contributed by atoms with Crippen molar-refractivity contribution in [3.63, 3.8) is 0 Å². The van der Waals surface area contributed by atoms with Crippen LogP contribution < -0.4 is 5.32 Å². The fraction of sp³-hybridized carbons (Fsp3) is 0.500. The van der Waals surface area contributed by atoms with Gasteiger partial charge in [-0.2, -0.15) is 0 Å². The van der Waals surface area contributed by atoms with Crippen molar-refractivity contribution >= 4 is 0 Å². The van der Waals surface area contributed by atoms with Gasteiger partial charge in [0.15, 0.2) is 0 Å². The number of rotatable bonds is 7. The van der Waals surface area contributed by atoms with Crippen molar-refractivity contribution in [1.29, 1.82) is 0 Å². The van der Waals surface area contributed by atoms with Crippen LogP contribution in [-0.4, -0.2) is 17.7 Å². The van der Waals surface area contributed by atoms with Gasteiger partial charge in [0, 0.05) is 12.6 Å². The Bertz CT molecular complexity index is 356. The Hall–Kier alpha value is -1.12. The van der Waals surface area contributed by atoms with E-state index < -0.39 is 6.10 Å². The third kappa shape index (κ3) is 4.63. The van der Waals surface area contributed by atoms with Crippen LogP contribution in [0.2, 0.25) is 0 Å². The molecule has 0 bridgehead atoms. The van der Waals surface area contributed by atoms with Gasteiger partial charge in [0.05, 0.1) is 6.10 Å². The van der Waals surface area contributed by atoms with E-state index >= 15 is 0 Å². The van der Waals surface area contributed by atoms with Gasteiger partial charge in [-0.25, -0.2) is 0 Å². The normalized spacial score (nSPS) is 14.5. The number of aliphatic hydroxyl groups excluding tert-OH is 1. The molecule has 0 aromatic heterocycles. The summed E-state index contributed by atoms with van der Waals surface area (Å²) in [5.74, 6) is 0.661. The van der Waals surface area contributed by atoms with Gasteiger partial charge >= 0.3 is 0 Å². The molecule has 1 aromatic rings. The largest absolute Gasteiger partial charge is 0.387 e. The summed E-state index contributed by atoms with van der Waals surface area (Å²) >= 11 is 0. The first kappa shape index (κ1) is 14.9.